The zero-order chi connectivity index (χ0) is 54.1. The monoisotopic (exact) mass is 1030 g/mol. The van der Waals surface area contributed by atoms with Crippen LogP contribution in [0.2, 0.25) is 0 Å². The number of rotatable bonds is 31. The zero-order valence-corrected chi connectivity index (χ0v) is 44.2. The van der Waals surface area contributed by atoms with Crippen molar-refractivity contribution in [2.45, 2.75) is 162 Å². The van der Waals surface area contributed by atoms with E-state index >= 15 is 0 Å². The summed E-state index contributed by atoms with van der Waals surface area (Å²) in [6.45, 7) is 14.9. The topological polar surface area (TPSA) is 349 Å². The summed E-state index contributed by atoms with van der Waals surface area (Å²) in [6, 6.07) is -8.38. The van der Waals surface area contributed by atoms with E-state index in [4.69, 9.17) is 11.5 Å². The van der Waals surface area contributed by atoms with Crippen molar-refractivity contribution < 1.29 is 53.1 Å². The molecule has 0 bridgehead atoms. The third kappa shape index (κ3) is 21.3. The first-order valence-corrected chi connectivity index (χ1v) is 25.2. The maximum Gasteiger partial charge on any atom is 0.245 e. The number of hydrogen-bond donors (Lipinski definition) is 11. The summed E-state index contributed by atoms with van der Waals surface area (Å²) in [5.41, 5.74) is 11.0. The van der Waals surface area contributed by atoms with Gasteiger partial charge in [-0.15, -0.1) is 0 Å². The fourth-order valence-electron chi connectivity index (χ4n) is 7.77. The van der Waals surface area contributed by atoms with Gasteiger partial charge >= 0.3 is 0 Å². The number of likely N-dealkylation sites (N-methyl/N-ethyl adjacent to an activating group) is 3. The summed E-state index contributed by atoms with van der Waals surface area (Å²) in [5.74, 6) is -7.27. The molecule has 0 unspecified atom stereocenters. The minimum atomic E-state index is -1.63. The smallest absolute Gasteiger partial charge is 0.245 e. The van der Waals surface area contributed by atoms with Gasteiger partial charge in [0.05, 0.1) is 19.2 Å². The number of aliphatic imine (C=N–C) groups is 1. The molecular weight excluding hydrogens is 943 g/mol. The van der Waals surface area contributed by atoms with Crippen molar-refractivity contribution >= 4 is 77.7 Å². The van der Waals surface area contributed by atoms with Gasteiger partial charge in [0.2, 0.25) is 59.1 Å². The first-order valence-electron chi connectivity index (χ1n) is 24.6. The Morgan fingerprint density at radius 1 is 0.789 bits per heavy atom. The van der Waals surface area contributed by atoms with E-state index in [9.17, 15) is 53.1 Å². The summed E-state index contributed by atoms with van der Waals surface area (Å²) in [7, 11) is 1.42. The van der Waals surface area contributed by atoms with Gasteiger partial charge in [0, 0.05) is 45.9 Å². The third-order valence-corrected chi connectivity index (χ3v) is 12.4. The first-order chi connectivity index (χ1) is 33.4. The van der Waals surface area contributed by atoms with Crippen LogP contribution in [0.5, 0.6) is 0 Å². The molecule has 24 nitrogen and oxygen atoms in total. The highest BCUT2D eigenvalue weighted by Crippen LogP contribution is 2.21. The third-order valence-electron chi connectivity index (χ3n) is 12.0. The number of nitrogens with zero attached hydrogens (tertiary/aromatic N) is 4. The van der Waals surface area contributed by atoms with Crippen molar-refractivity contribution in [3.05, 3.63) is 0 Å². The Kier molecular flexibility index (Phi) is 28.8. The second kappa shape index (κ2) is 32.3. The van der Waals surface area contributed by atoms with Crippen LogP contribution in [0.15, 0.2) is 4.99 Å². The molecule has 0 aromatic carbocycles. The number of carbonyl (C=O) groups is 10. The molecule has 1 aliphatic rings. The van der Waals surface area contributed by atoms with Gasteiger partial charge in [0.15, 0.2) is 5.96 Å². The summed E-state index contributed by atoms with van der Waals surface area (Å²) < 4.78 is 0. The van der Waals surface area contributed by atoms with Gasteiger partial charge in [-0.3, -0.25) is 52.9 Å². The number of carbonyl (C=O) groups excluding carboxylic acids is 10. The zero-order valence-electron chi connectivity index (χ0n) is 43.3. The average Bonchev–Trinajstić information content (AvgIpc) is 3.80. The number of nitrogens with one attached hydrogen (secondary N) is 7. The molecule has 0 spiro atoms. The van der Waals surface area contributed by atoms with Gasteiger partial charge in [-0.1, -0.05) is 47.5 Å². The van der Waals surface area contributed by atoms with Crippen molar-refractivity contribution in [2.75, 3.05) is 52.1 Å². The highest BCUT2D eigenvalue weighted by atomic mass is 32.1. The summed E-state index contributed by atoms with van der Waals surface area (Å²) >= 11 is 4.30. The van der Waals surface area contributed by atoms with Crippen molar-refractivity contribution in [2.24, 2.45) is 28.3 Å². The summed E-state index contributed by atoms with van der Waals surface area (Å²) in [5, 5.41) is 29.4. The van der Waals surface area contributed by atoms with Crippen LogP contribution < -0.4 is 48.7 Å². The number of likely N-dealkylation sites (tertiary alicyclic amines) is 1. The van der Waals surface area contributed by atoms with E-state index in [1.165, 1.54) is 30.7 Å². The Bertz CT molecular complexity index is 1850. The van der Waals surface area contributed by atoms with E-state index in [2.05, 4.69) is 54.8 Å². The molecule has 0 radical (unpaired) electrons. The molecule has 10 amide bonds. The predicted octanol–water partition coefficient (Wildman–Crippen LogP) is -2.39. The number of thiol groups is 1. The number of aliphatic hydroxyl groups excluding tert-OH is 1. The number of guanidine groups is 1. The Labute approximate surface area is 423 Å². The molecule has 1 heterocycles. The first kappa shape index (κ1) is 63.3. The molecule has 0 aromatic rings. The molecule has 71 heavy (non-hydrogen) atoms. The van der Waals surface area contributed by atoms with Crippen molar-refractivity contribution in [3.63, 3.8) is 0 Å². The molecule has 1 aliphatic heterocycles. The Morgan fingerprint density at radius 2 is 1.38 bits per heavy atom. The van der Waals surface area contributed by atoms with Gasteiger partial charge in [0.1, 0.15) is 42.3 Å². The molecule has 0 saturated carbocycles. The van der Waals surface area contributed by atoms with E-state index in [1.807, 2.05) is 6.92 Å². The number of amides is 10. The highest BCUT2D eigenvalue weighted by molar-refractivity contribution is 7.80. The van der Waals surface area contributed by atoms with Crippen LogP contribution in [0, 0.1) is 11.8 Å². The Balaban J connectivity index is 3.33. The largest absolute Gasteiger partial charge is 0.391 e. The normalized spacial score (nSPS) is 16.6. The fraction of sp³-hybridized carbons (Fsp3) is 0.761. The molecular formula is C46H83N13O11S. The van der Waals surface area contributed by atoms with Crippen LogP contribution in [0.25, 0.3) is 0 Å². The van der Waals surface area contributed by atoms with E-state index < -0.39 is 108 Å². The van der Waals surface area contributed by atoms with Crippen LogP contribution >= 0.6 is 12.6 Å². The minimum absolute atomic E-state index is 0.0306. The second-order valence-corrected chi connectivity index (χ2v) is 18.6. The van der Waals surface area contributed by atoms with Crippen LogP contribution in [0.1, 0.15) is 114 Å². The average molecular weight is 1030 g/mol. The highest BCUT2D eigenvalue weighted by Gasteiger charge is 2.40. The van der Waals surface area contributed by atoms with Gasteiger partial charge in [-0.25, -0.2) is 0 Å². The van der Waals surface area contributed by atoms with E-state index in [0.29, 0.717) is 45.2 Å². The SMILES string of the molecule is CCC[C@H](NC(=O)[C@@H](NC(=O)[C@@H](CC(C)C)NC(=O)[C@H](CS)N(CC)C(=O)CNC(=O)CN(C)C(C)=O)[C@@H](C)O)C(=O)N[C@H](C(=O)N[C@@H](CCCN=C(N)N)C(=O)N1CCC[C@H]1C(=O)NCC)[C@@H](C)CC. The summed E-state index contributed by atoms with van der Waals surface area (Å²) in [4.78, 5) is 142. The van der Waals surface area contributed by atoms with E-state index in [1.54, 1.807) is 41.5 Å². The maximum absolute atomic E-state index is 14.2. The quantitative estimate of drug-likeness (QED) is 0.0150. The lowest BCUT2D eigenvalue weighted by Gasteiger charge is -2.32. The molecule has 9 atom stereocenters. The van der Waals surface area contributed by atoms with Crippen molar-refractivity contribution in [3.8, 4) is 0 Å². The van der Waals surface area contributed by atoms with Gasteiger partial charge in [0.25, 0.3) is 0 Å². The van der Waals surface area contributed by atoms with E-state index in [-0.39, 0.29) is 68.3 Å². The summed E-state index contributed by atoms with van der Waals surface area (Å²) in [6.07, 6.45) is 0.887. The minimum Gasteiger partial charge on any atom is -0.391 e. The molecule has 12 N–H and O–H groups in total. The fourth-order valence-corrected chi connectivity index (χ4v) is 8.14. The number of hydrogen-bond acceptors (Lipinski definition) is 13. The second-order valence-electron chi connectivity index (χ2n) is 18.3. The molecule has 1 fully saturated rings. The molecule has 0 aliphatic carbocycles. The Morgan fingerprint density at radius 3 is 1.92 bits per heavy atom. The number of aliphatic hydroxyl groups is 1. The van der Waals surface area contributed by atoms with Crippen molar-refractivity contribution in [1.29, 1.82) is 0 Å². The van der Waals surface area contributed by atoms with Crippen LogP contribution in [0.3, 0.4) is 0 Å². The van der Waals surface area contributed by atoms with Gasteiger partial charge < -0.3 is 68.5 Å². The maximum atomic E-state index is 14.2. The van der Waals surface area contributed by atoms with Crippen LogP contribution in [0.4, 0.5) is 0 Å². The van der Waals surface area contributed by atoms with Crippen LogP contribution in [-0.4, -0.2) is 185 Å². The molecule has 0 aromatic heterocycles. The van der Waals surface area contributed by atoms with Crippen molar-refractivity contribution in [1.82, 2.24) is 51.9 Å². The molecule has 25 heteroatoms. The predicted molar refractivity (Wildman–Crippen MR) is 270 cm³/mol. The molecule has 1 rings (SSSR count). The standard InChI is InChI=1S/C46H83N13O11S/c1-11-17-30(39(64)55-37(27(7)12-2)43(68)53-31(18-15-20-50-46(47)48)45(70)59-21-16-19-33(59)41(66)49-13-3)52-44(69)38(28(8)60)56-40(65)32(22-26(5)6)54-42(67)34(25-71)58(14-4)36(63)23-51-35(62)24-57(10)29(9)61/h26-28,30-34,37-38,60,71H,11-25H2,1-10H3,(H,49,66)(H,51,62)(H,52,69)(H,53,68)(H,54,67)(H,55,64)(H,56,65)(H4,47,48,50)/t27-,28+,30-,31-,32+,33-,34-,37-,38-/m0/s1. The lowest BCUT2D eigenvalue weighted by atomic mass is 9.96. The molecule has 1 saturated heterocycles. The molecule has 404 valence electrons. The number of nitrogens with two attached hydrogens (primary N) is 2. The lowest BCUT2D eigenvalue weighted by molar-refractivity contribution is -0.142. The van der Waals surface area contributed by atoms with Gasteiger partial charge in [-0.05, 0) is 71.1 Å². The van der Waals surface area contributed by atoms with E-state index in [0.717, 1.165) is 4.90 Å². The van der Waals surface area contributed by atoms with Gasteiger partial charge in [-0.2, -0.15) is 12.6 Å². The lowest BCUT2D eigenvalue weighted by Crippen LogP contribution is -2.62. The Hall–Kier alpha value is -5.72. The van der Waals surface area contributed by atoms with Crippen LogP contribution in [-0.2, 0) is 47.9 Å².